The third kappa shape index (κ3) is 11.0. The molecule has 1 saturated carbocycles. The van der Waals surface area contributed by atoms with Crippen molar-refractivity contribution in [2.24, 2.45) is 0 Å². The molecule has 8 N–H and O–H groups in total. The van der Waals surface area contributed by atoms with Gasteiger partial charge in [0.25, 0.3) is 0 Å². The van der Waals surface area contributed by atoms with E-state index in [1.165, 1.54) is 60.7 Å². The molecule has 1 fully saturated rings. The SMILES string of the molecule is O=C(O[C@@H]1[C@@H](OC(=O)c2ccccc2)[C@H](OP(=O)(O)O)[C@@H](OP(=O)(O)O)[C@H](OP(=O)(O)O)[C@@H]1OP(=O)(O)O)c1ccccc1. The number of rotatable bonds is 12. The lowest BCUT2D eigenvalue weighted by Crippen LogP contribution is -2.67. The number of hydrogen-bond acceptors (Lipinski definition) is 12. The molecule has 0 heterocycles. The molecule has 1 aliphatic carbocycles. The largest absolute Gasteiger partial charge is 0.470 e. The van der Waals surface area contributed by atoms with Crippen molar-refractivity contribution in [1.29, 1.82) is 0 Å². The van der Waals surface area contributed by atoms with Crippen LogP contribution in [0.2, 0.25) is 0 Å². The summed E-state index contributed by atoms with van der Waals surface area (Å²) >= 11 is 0. The molecule has 0 bridgehead atoms. The van der Waals surface area contributed by atoms with Crippen LogP contribution in [0.5, 0.6) is 0 Å². The minimum absolute atomic E-state index is 0.274. The molecule has 0 aliphatic heterocycles. The number of carbonyl (C=O) groups is 2. The van der Waals surface area contributed by atoms with E-state index in [9.17, 15) is 67.0 Å². The molecule has 0 unspecified atom stereocenters. The quantitative estimate of drug-likeness (QED) is 0.109. The monoisotopic (exact) mass is 708 g/mol. The lowest BCUT2D eigenvalue weighted by atomic mass is 9.84. The van der Waals surface area contributed by atoms with Crippen LogP contribution < -0.4 is 0 Å². The Kier molecular flexibility index (Phi) is 11.6. The zero-order chi connectivity index (χ0) is 33.1. The zero-order valence-corrected chi connectivity index (χ0v) is 25.1. The lowest BCUT2D eigenvalue weighted by Gasteiger charge is -2.47. The number of carbonyl (C=O) groups excluding carboxylic acids is 2. The topological polar surface area (TPSA) is 320 Å². The molecule has 0 aromatic heterocycles. The Morgan fingerprint density at radius 1 is 0.432 bits per heavy atom. The first-order valence-corrected chi connectivity index (χ1v) is 17.7. The normalized spacial score (nSPS) is 24.8. The van der Waals surface area contributed by atoms with Crippen molar-refractivity contribution in [2.45, 2.75) is 36.6 Å². The van der Waals surface area contributed by atoms with Gasteiger partial charge in [0.1, 0.15) is 24.4 Å². The number of phosphoric acid groups is 4. The molecule has 6 atom stereocenters. The first-order valence-electron chi connectivity index (χ1n) is 11.6. The van der Waals surface area contributed by atoms with Crippen molar-refractivity contribution in [3.8, 4) is 0 Å². The summed E-state index contributed by atoms with van der Waals surface area (Å²) in [6.45, 7) is 0. The fourth-order valence-electron chi connectivity index (χ4n) is 4.04. The van der Waals surface area contributed by atoms with Gasteiger partial charge in [-0.2, -0.15) is 0 Å². The Labute approximate surface area is 246 Å². The van der Waals surface area contributed by atoms with Gasteiger partial charge < -0.3 is 48.6 Å². The van der Waals surface area contributed by atoms with Crippen LogP contribution in [0.1, 0.15) is 20.7 Å². The maximum absolute atomic E-state index is 13.1. The van der Waals surface area contributed by atoms with Gasteiger partial charge in [0.15, 0.2) is 12.2 Å². The van der Waals surface area contributed by atoms with Crippen molar-refractivity contribution in [1.82, 2.24) is 0 Å². The third-order valence-corrected chi connectivity index (χ3v) is 7.56. The van der Waals surface area contributed by atoms with Crippen LogP contribution in [0.15, 0.2) is 60.7 Å². The van der Waals surface area contributed by atoms with Crippen LogP contribution in [0.4, 0.5) is 0 Å². The Hall–Kier alpha value is -2.18. The summed E-state index contributed by atoms with van der Waals surface area (Å²) in [6, 6.07) is 13.0. The van der Waals surface area contributed by atoms with Gasteiger partial charge in [0.05, 0.1) is 11.1 Å². The predicted octanol–water partition coefficient (Wildman–Crippen LogP) is 0.363. The molecule has 0 spiro atoms. The summed E-state index contributed by atoms with van der Waals surface area (Å²) in [5.74, 6) is -2.76. The predicted molar refractivity (Wildman–Crippen MR) is 139 cm³/mol. The van der Waals surface area contributed by atoms with Crippen molar-refractivity contribution < 1.29 is 94.6 Å². The minimum Gasteiger partial charge on any atom is -0.452 e. The van der Waals surface area contributed by atoms with Crippen LogP contribution in [0.3, 0.4) is 0 Å². The maximum Gasteiger partial charge on any atom is 0.470 e. The van der Waals surface area contributed by atoms with Gasteiger partial charge in [-0.1, -0.05) is 36.4 Å². The maximum atomic E-state index is 13.1. The second kappa shape index (κ2) is 14.1. The number of phosphoric ester groups is 4. The number of esters is 2. The second-order valence-electron chi connectivity index (χ2n) is 8.71. The Balaban J connectivity index is 2.30. The average molecular weight is 708 g/mol. The van der Waals surface area contributed by atoms with Crippen molar-refractivity contribution in [3.05, 3.63) is 71.8 Å². The Bertz CT molecular complexity index is 1380. The van der Waals surface area contributed by atoms with E-state index in [0.717, 1.165) is 0 Å². The average Bonchev–Trinajstić information content (AvgIpc) is 2.88. The molecular formula is C20H24O20P4. The number of ether oxygens (including phenoxy) is 2. The molecule has 0 amide bonds. The summed E-state index contributed by atoms with van der Waals surface area (Å²) in [7, 11) is -23.5. The second-order valence-corrected chi connectivity index (χ2v) is 13.5. The molecule has 2 aromatic rings. The van der Waals surface area contributed by atoms with E-state index in [0.29, 0.717) is 0 Å². The molecule has 24 heteroatoms. The molecule has 20 nitrogen and oxygen atoms in total. The highest BCUT2D eigenvalue weighted by atomic mass is 31.2. The fourth-order valence-corrected chi connectivity index (χ4v) is 6.26. The van der Waals surface area contributed by atoms with E-state index in [1.807, 2.05) is 0 Å². The van der Waals surface area contributed by atoms with E-state index in [4.69, 9.17) is 9.47 Å². The molecule has 44 heavy (non-hydrogen) atoms. The molecular weight excluding hydrogens is 684 g/mol. The molecule has 2 aromatic carbocycles. The van der Waals surface area contributed by atoms with Gasteiger partial charge in [-0.3, -0.25) is 18.1 Å². The standard InChI is InChI=1S/C20H24O20P4/c21-19(11-7-3-1-4-8-11)35-13-14(36-20(22)12-9-5-2-6-10-12)16(38-42(26,27)28)18(40-44(32,33)34)17(39-43(29,30)31)15(13)37-41(23,24)25/h1-10,13-18H,(H2,23,24,25)(H2,26,27,28)(H2,29,30,31)(H2,32,33,34)/t13-,14-,15-,16+,17-,18-/m1/s1. The smallest absolute Gasteiger partial charge is 0.452 e. The minimum atomic E-state index is -5.90. The van der Waals surface area contributed by atoms with Crippen molar-refractivity contribution in [2.75, 3.05) is 0 Å². The van der Waals surface area contributed by atoms with Crippen LogP contribution >= 0.6 is 31.3 Å². The summed E-state index contributed by atoms with van der Waals surface area (Å²) in [6.07, 6.45) is -16.3. The Morgan fingerprint density at radius 2 is 0.659 bits per heavy atom. The summed E-state index contributed by atoms with van der Waals surface area (Å²) in [5.41, 5.74) is -0.548. The first-order chi connectivity index (χ1) is 20.1. The summed E-state index contributed by atoms with van der Waals surface area (Å²) in [5, 5.41) is 0. The molecule has 0 saturated heterocycles. The third-order valence-electron chi connectivity index (χ3n) is 5.48. The van der Waals surface area contributed by atoms with Crippen molar-refractivity contribution >= 4 is 43.2 Å². The van der Waals surface area contributed by atoms with Gasteiger partial charge >= 0.3 is 43.2 Å². The number of benzene rings is 2. The van der Waals surface area contributed by atoms with Crippen LogP contribution in [-0.2, 0) is 45.8 Å². The molecule has 1 aliphatic rings. The highest BCUT2D eigenvalue weighted by molar-refractivity contribution is 7.47. The summed E-state index contributed by atoms with van der Waals surface area (Å²) in [4.78, 5) is 103. The van der Waals surface area contributed by atoms with Crippen LogP contribution in [-0.4, -0.2) is 87.7 Å². The zero-order valence-electron chi connectivity index (χ0n) is 21.5. The van der Waals surface area contributed by atoms with E-state index in [1.54, 1.807) is 0 Å². The first kappa shape index (κ1) is 36.3. The van der Waals surface area contributed by atoms with Gasteiger partial charge in [-0.15, -0.1) is 0 Å². The van der Waals surface area contributed by atoms with E-state index < -0.39 is 79.9 Å². The number of hydrogen-bond donors (Lipinski definition) is 8. The van der Waals surface area contributed by atoms with Crippen molar-refractivity contribution in [3.63, 3.8) is 0 Å². The van der Waals surface area contributed by atoms with Gasteiger partial charge in [-0.05, 0) is 24.3 Å². The molecule has 244 valence electrons. The van der Waals surface area contributed by atoms with Crippen LogP contribution in [0.25, 0.3) is 0 Å². The Morgan fingerprint density at radius 3 is 0.886 bits per heavy atom. The van der Waals surface area contributed by atoms with Crippen LogP contribution in [0, 0.1) is 0 Å². The van der Waals surface area contributed by atoms with Gasteiger partial charge in [0.2, 0.25) is 0 Å². The van der Waals surface area contributed by atoms with E-state index in [2.05, 4.69) is 18.1 Å². The fraction of sp³-hybridized carbons (Fsp3) is 0.300. The van der Waals surface area contributed by atoms with Gasteiger partial charge in [-0.25, -0.2) is 27.8 Å². The lowest BCUT2D eigenvalue weighted by molar-refractivity contribution is -0.209. The molecule has 3 rings (SSSR count). The highest BCUT2D eigenvalue weighted by Crippen LogP contribution is 2.53. The van der Waals surface area contributed by atoms with E-state index >= 15 is 0 Å². The molecule has 0 radical (unpaired) electrons. The summed E-state index contributed by atoms with van der Waals surface area (Å²) < 4.78 is 76.3. The van der Waals surface area contributed by atoms with Gasteiger partial charge in [0, 0.05) is 0 Å². The van der Waals surface area contributed by atoms with E-state index in [-0.39, 0.29) is 11.1 Å². The highest BCUT2D eigenvalue weighted by Gasteiger charge is 2.62.